The molecule has 0 aliphatic rings. The number of carbonyl (C=O) groups excluding carboxylic acids is 2. The maximum absolute atomic E-state index is 12.0. The number of benzene rings is 1. The Morgan fingerprint density at radius 1 is 1.18 bits per heavy atom. The Bertz CT molecular complexity index is 391. The van der Waals surface area contributed by atoms with Crippen LogP contribution in [0.1, 0.15) is 10.4 Å². The Morgan fingerprint density at radius 2 is 1.76 bits per heavy atom. The lowest BCUT2D eigenvalue weighted by atomic mass is 10.1. The first-order valence-electron chi connectivity index (χ1n) is 4.95. The minimum absolute atomic E-state index is 0.220. The van der Waals surface area contributed by atoms with Crippen LogP contribution in [0.2, 0.25) is 0 Å². The average Bonchev–Trinajstić information content (AvgIpc) is 2.39. The van der Waals surface area contributed by atoms with Gasteiger partial charge in [-0.2, -0.15) is 0 Å². The van der Waals surface area contributed by atoms with E-state index in [0.717, 1.165) is 0 Å². The fourth-order valence-electron chi connectivity index (χ4n) is 1.35. The van der Waals surface area contributed by atoms with Gasteiger partial charge in [-0.25, -0.2) is 4.79 Å². The molecule has 5 heteroatoms. The maximum Gasteiger partial charge on any atom is 0.336 e. The lowest BCUT2D eigenvalue weighted by Crippen LogP contribution is -2.38. The molecule has 0 aromatic heterocycles. The van der Waals surface area contributed by atoms with Gasteiger partial charge in [-0.1, -0.05) is 46.3 Å². The molecule has 0 heterocycles. The van der Waals surface area contributed by atoms with Crippen molar-refractivity contribution in [2.75, 3.05) is 14.2 Å². The first kappa shape index (κ1) is 13.9. The fraction of sp³-hybridized carbons (Fsp3) is 0.333. The molecule has 0 spiro atoms. The Kier molecular flexibility index (Phi) is 5.31. The van der Waals surface area contributed by atoms with Gasteiger partial charge in [0.25, 0.3) is 0 Å². The van der Waals surface area contributed by atoms with E-state index in [1.807, 2.05) is 6.07 Å². The molecule has 0 saturated heterocycles. The number of esters is 1. The number of methoxy groups -OCH3 is 2. The van der Waals surface area contributed by atoms with Crippen molar-refractivity contribution in [2.45, 2.75) is 10.9 Å². The van der Waals surface area contributed by atoms with Crippen molar-refractivity contribution in [1.82, 2.24) is 0 Å². The van der Waals surface area contributed by atoms with Crippen molar-refractivity contribution in [2.24, 2.45) is 0 Å². The summed E-state index contributed by atoms with van der Waals surface area (Å²) in [5.74, 6) is -0.804. The number of halogens is 1. The molecule has 0 saturated carbocycles. The van der Waals surface area contributed by atoms with Crippen molar-refractivity contribution >= 4 is 27.7 Å². The van der Waals surface area contributed by atoms with E-state index in [1.54, 1.807) is 24.3 Å². The molecule has 0 N–H and O–H groups in total. The smallest absolute Gasteiger partial charge is 0.336 e. The number of Topliss-reactive ketones (excluding diaryl/α,β-unsaturated/α-hetero) is 1. The van der Waals surface area contributed by atoms with Crippen LogP contribution in [-0.4, -0.2) is 36.9 Å². The van der Waals surface area contributed by atoms with E-state index in [-0.39, 0.29) is 5.78 Å². The van der Waals surface area contributed by atoms with Crippen LogP contribution >= 0.6 is 15.9 Å². The molecule has 0 radical (unpaired) electrons. The van der Waals surface area contributed by atoms with Crippen molar-refractivity contribution in [3.8, 4) is 0 Å². The molecular weight excluding hydrogens is 288 g/mol. The number of alkyl halides is 1. The molecule has 0 aliphatic heterocycles. The third-order valence-corrected chi connectivity index (χ3v) is 3.16. The van der Waals surface area contributed by atoms with Crippen LogP contribution in [0.4, 0.5) is 0 Å². The quantitative estimate of drug-likeness (QED) is 0.473. The van der Waals surface area contributed by atoms with Gasteiger partial charge in [0, 0.05) is 12.7 Å². The summed E-state index contributed by atoms with van der Waals surface area (Å²) in [6.07, 6.45) is -0.951. The molecule has 1 aromatic rings. The summed E-state index contributed by atoms with van der Waals surface area (Å²) in [7, 11) is 2.61. The summed E-state index contributed by atoms with van der Waals surface area (Å²) in [5.41, 5.74) is 0.514. The van der Waals surface area contributed by atoms with E-state index in [4.69, 9.17) is 4.74 Å². The van der Waals surface area contributed by atoms with E-state index < -0.39 is 16.9 Å². The minimum Gasteiger partial charge on any atom is -0.467 e. The number of hydrogen-bond donors (Lipinski definition) is 0. The van der Waals surface area contributed by atoms with Gasteiger partial charge in [-0.3, -0.25) is 4.79 Å². The average molecular weight is 301 g/mol. The zero-order valence-electron chi connectivity index (χ0n) is 9.55. The Morgan fingerprint density at radius 3 is 2.24 bits per heavy atom. The summed E-state index contributed by atoms with van der Waals surface area (Å²) in [5, 5.41) is 0. The Hall–Kier alpha value is -1.20. The van der Waals surface area contributed by atoms with Crippen molar-refractivity contribution < 1.29 is 19.1 Å². The van der Waals surface area contributed by atoms with Gasteiger partial charge >= 0.3 is 5.97 Å². The first-order chi connectivity index (χ1) is 8.11. The summed E-state index contributed by atoms with van der Waals surface area (Å²) >= 11 is 3.17. The first-order valence-corrected chi connectivity index (χ1v) is 5.87. The predicted octanol–water partition coefficient (Wildman–Crippen LogP) is 1.82. The largest absolute Gasteiger partial charge is 0.467 e. The third-order valence-electron chi connectivity index (χ3n) is 2.26. The Labute approximate surface area is 108 Å². The molecule has 17 heavy (non-hydrogen) atoms. The standard InChI is InChI=1S/C12H13BrO4/c1-16-11(12(15)17-2)9(13)10(14)8-6-4-3-5-7-8/h3-7,9,11H,1-2H3. The number of carbonyl (C=O) groups is 2. The lowest BCUT2D eigenvalue weighted by Gasteiger charge is -2.17. The van der Waals surface area contributed by atoms with E-state index >= 15 is 0 Å². The number of rotatable bonds is 5. The molecule has 1 rings (SSSR count). The van der Waals surface area contributed by atoms with E-state index in [2.05, 4.69) is 20.7 Å². The normalized spacial score (nSPS) is 13.8. The van der Waals surface area contributed by atoms with Gasteiger partial charge in [0.05, 0.1) is 7.11 Å². The molecule has 4 nitrogen and oxygen atoms in total. The minimum atomic E-state index is -0.951. The highest BCUT2D eigenvalue weighted by atomic mass is 79.9. The summed E-state index contributed by atoms with van der Waals surface area (Å²) in [4.78, 5) is 22.7. The zero-order valence-corrected chi connectivity index (χ0v) is 11.1. The van der Waals surface area contributed by atoms with Gasteiger partial charge in [0.1, 0.15) is 4.83 Å². The third kappa shape index (κ3) is 3.38. The van der Waals surface area contributed by atoms with Crippen LogP contribution in [0.15, 0.2) is 30.3 Å². The SMILES string of the molecule is COC(=O)C(OC)C(Br)C(=O)c1ccccc1. The van der Waals surface area contributed by atoms with Crippen LogP contribution in [0.5, 0.6) is 0 Å². The lowest BCUT2D eigenvalue weighted by molar-refractivity contribution is -0.151. The fourth-order valence-corrected chi connectivity index (χ4v) is 2.05. The zero-order chi connectivity index (χ0) is 12.8. The second kappa shape index (κ2) is 6.51. The molecule has 2 unspecified atom stereocenters. The van der Waals surface area contributed by atoms with Gasteiger partial charge in [-0.15, -0.1) is 0 Å². The highest BCUT2D eigenvalue weighted by Gasteiger charge is 2.33. The van der Waals surface area contributed by atoms with Crippen LogP contribution in [0.25, 0.3) is 0 Å². The molecule has 0 amide bonds. The Balaban J connectivity index is 2.85. The van der Waals surface area contributed by atoms with Gasteiger partial charge < -0.3 is 9.47 Å². The molecular formula is C12H13BrO4. The van der Waals surface area contributed by atoms with Crippen molar-refractivity contribution in [1.29, 1.82) is 0 Å². The number of ether oxygens (including phenoxy) is 2. The molecule has 2 atom stereocenters. The number of ketones is 1. The summed E-state index contributed by atoms with van der Waals surface area (Å²) in [6.45, 7) is 0. The number of hydrogen-bond acceptors (Lipinski definition) is 4. The van der Waals surface area contributed by atoms with Crippen molar-refractivity contribution in [3.05, 3.63) is 35.9 Å². The molecule has 0 bridgehead atoms. The maximum atomic E-state index is 12.0. The van der Waals surface area contributed by atoms with Crippen molar-refractivity contribution in [3.63, 3.8) is 0 Å². The van der Waals surface area contributed by atoms with Gasteiger partial charge in [0.15, 0.2) is 11.9 Å². The molecule has 0 fully saturated rings. The van der Waals surface area contributed by atoms with Crippen LogP contribution < -0.4 is 0 Å². The van der Waals surface area contributed by atoms with E-state index in [1.165, 1.54) is 14.2 Å². The molecule has 92 valence electrons. The highest BCUT2D eigenvalue weighted by Crippen LogP contribution is 2.17. The van der Waals surface area contributed by atoms with E-state index in [9.17, 15) is 9.59 Å². The predicted molar refractivity (Wildman–Crippen MR) is 66.3 cm³/mol. The van der Waals surface area contributed by atoms with Gasteiger partial charge in [0.2, 0.25) is 0 Å². The van der Waals surface area contributed by atoms with Crippen LogP contribution in [-0.2, 0) is 14.3 Å². The summed E-state index contributed by atoms with van der Waals surface area (Å²) in [6, 6.07) is 8.69. The van der Waals surface area contributed by atoms with E-state index in [0.29, 0.717) is 5.56 Å². The van der Waals surface area contributed by atoms with Gasteiger partial charge in [-0.05, 0) is 0 Å². The van der Waals surface area contributed by atoms with Crippen LogP contribution in [0.3, 0.4) is 0 Å². The summed E-state index contributed by atoms with van der Waals surface area (Å²) < 4.78 is 9.53. The molecule has 0 aliphatic carbocycles. The monoisotopic (exact) mass is 300 g/mol. The topological polar surface area (TPSA) is 52.6 Å². The molecule has 1 aromatic carbocycles. The van der Waals surface area contributed by atoms with Crippen LogP contribution in [0, 0.1) is 0 Å². The second-order valence-electron chi connectivity index (χ2n) is 3.31. The highest BCUT2D eigenvalue weighted by molar-refractivity contribution is 9.10. The second-order valence-corrected chi connectivity index (χ2v) is 4.30.